The van der Waals surface area contributed by atoms with Gasteiger partial charge in [-0.1, -0.05) is 6.07 Å². The summed E-state index contributed by atoms with van der Waals surface area (Å²) in [5.41, 5.74) is 7.21. The molecule has 2 atom stereocenters. The maximum Gasteiger partial charge on any atom is 0.254 e. The molecule has 0 radical (unpaired) electrons. The van der Waals surface area contributed by atoms with E-state index in [2.05, 4.69) is 0 Å². The van der Waals surface area contributed by atoms with Crippen LogP contribution in [0.25, 0.3) is 0 Å². The van der Waals surface area contributed by atoms with Gasteiger partial charge in [0.1, 0.15) is 11.9 Å². The van der Waals surface area contributed by atoms with Crippen LogP contribution >= 0.6 is 0 Å². The van der Waals surface area contributed by atoms with Gasteiger partial charge < -0.3 is 25.0 Å². The van der Waals surface area contributed by atoms with E-state index in [-0.39, 0.29) is 24.0 Å². The van der Waals surface area contributed by atoms with Crippen LogP contribution in [0.1, 0.15) is 28.8 Å². The van der Waals surface area contributed by atoms with Gasteiger partial charge >= 0.3 is 0 Å². The smallest absolute Gasteiger partial charge is 0.254 e. The molecule has 2 amide bonds. The van der Waals surface area contributed by atoms with Gasteiger partial charge in [0, 0.05) is 38.3 Å². The first-order chi connectivity index (χ1) is 12.5. The Morgan fingerprint density at radius 1 is 1.19 bits per heavy atom. The van der Waals surface area contributed by atoms with E-state index in [1.807, 2.05) is 19.1 Å². The summed E-state index contributed by atoms with van der Waals surface area (Å²) in [4.78, 5) is 28.9. The van der Waals surface area contributed by atoms with Gasteiger partial charge in [0.25, 0.3) is 11.8 Å². The monoisotopic (exact) mass is 361 g/mol. The number of carbonyl (C=O) groups excluding carboxylic acids is 2. The number of nitrogens with zero attached hydrogens (tertiary/aromatic N) is 2. The SMILES string of the molecule is COc1cc(C(=O)N2CCN(C(=O)[C@@H]3CC[C@H](CN)O3)CC2)ccc1C. The van der Waals surface area contributed by atoms with Gasteiger partial charge in [0.2, 0.25) is 0 Å². The molecule has 0 unspecified atom stereocenters. The second kappa shape index (κ2) is 8.05. The molecule has 3 rings (SSSR count). The molecule has 2 N–H and O–H groups in total. The molecule has 2 fully saturated rings. The van der Waals surface area contributed by atoms with E-state index in [1.165, 1.54) is 0 Å². The Morgan fingerprint density at radius 2 is 1.88 bits per heavy atom. The van der Waals surface area contributed by atoms with Crippen molar-refractivity contribution in [2.45, 2.75) is 32.0 Å². The zero-order valence-corrected chi connectivity index (χ0v) is 15.4. The van der Waals surface area contributed by atoms with Crippen LogP contribution in [0.4, 0.5) is 0 Å². The number of amides is 2. The molecule has 1 aromatic carbocycles. The summed E-state index contributed by atoms with van der Waals surface area (Å²) in [5.74, 6) is 0.693. The van der Waals surface area contributed by atoms with Gasteiger partial charge in [-0.2, -0.15) is 0 Å². The number of rotatable bonds is 4. The molecule has 2 heterocycles. The fraction of sp³-hybridized carbons (Fsp3) is 0.579. The molecule has 1 aromatic rings. The zero-order chi connectivity index (χ0) is 18.7. The van der Waals surface area contributed by atoms with Crippen molar-refractivity contribution < 1.29 is 19.1 Å². The second-order valence-corrected chi connectivity index (χ2v) is 6.86. The highest BCUT2D eigenvalue weighted by Crippen LogP contribution is 2.23. The quantitative estimate of drug-likeness (QED) is 0.857. The first kappa shape index (κ1) is 18.7. The third-order valence-electron chi connectivity index (χ3n) is 5.18. The van der Waals surface area contributed by atoms with E-state index < -0.39 is 0 Å². The molecule has 0 spiro atoms. The molecule has 7 heteroatoms. The van der Waals surface area contributed by atoms with Crippen LogP contribution in [-0.4, -0.2) is 73.7 Å². The molecule has 0 saturated carbocycles. The Kier molecular flexibility index (Phi) is 5.78. The van der Waals surface area contributed by atoms with Gasteiger partial charge in [-0.25, -0.2) is 0 Å². The third kappa shape index (κ3) is 3.83. The van der Waals surface area contributed by atoms with Crippen LogP contribution in [0, 0.1) is 6.92 Å². The van der Waals surface area contributed by atoms with Crippen molar-refractivity contribution in [1.82, 2.24) is 9.80 Å². The van der Waals surface area contributed by atoms with Gasteiger partial charge in [-0.15, -0.1) is 0 Å². The molecule has 0 bridgehead atoms. The number of piperazine rings is 1. The predicted octanol–water partition coefficient (Wildman–Crippen LogP) is 0.794. The van der Waals surface area contributed by atoms with Crippen molar-refractivity contribution in [2.75, 3.05) is 39.8 Å². The number of hydrogen-bond acceptors (Lipinski definition) is 5. The number of aryl methyl sites for hydroxylation is 1. The molecular weight excluding hydrogens is 334 g/mol. The van der Waals surface area contributed by atoms with Gasteiger partial charge in [0.05, 0.1) is 13.2 Å². The van der Waals surface area contributed by atoms with Crippen LogP contribution in [0.5, 0.6) is 5.75 Å². The maximum atomic E-state index is 12.7. The summed E-state index contributed by atoms with van der Waals surface area (Å²) in [7, 11) is 1.60. The molecule has 0 aliphatic carbocycles. The van der Waals surface area contributed by atoms with Gasteiger partial charge in [0.15, 0.2) is 0 Å². The zero-order valence-electron chi connectivity index (χ0n) is 15.4. The average molecular weight is 361 g/mol. The third-order valence-corrected chi connectivity index (χ3v) is 5.18. The fourth-order valence-corrected chi connectivity index (χ4v) is 3.53. The van der Waals surface area contributed by atoms with Crippen LogP contribution in [0.15, 0.2) is 18.2 Å². The molecule has 7 nitrogen and oxygen atoms in total. The lowest BCUT2D eigenvalue weighted by molar-refractivity contribution is -0.144. The van der Waals surface area contributed by atoms with Crippen LogP contribution in [-0.2, 0) is 9.53 Å². The highest BCUT2D eigenvalue weighted by atomic mass is 16.5. The Labute approximate surface area is 154 Å². The topological polar surface area (TPSA) is 85.1 Å². The lowest BCUT2D eigenvalue weighted by Gasteiger charge is -2.36. The molecule has 0 aromatic heterocycles. The molecule has 2 saturated heterocycles. The Morgan fingerprint density at radius 3 is 2.50 bits per heavy atom. The average Bonchev–Trinajstić information content (AvgIpc) is 3.16. The van der Waals surface area contributed by atoms with Crippen molar-refractivity contribution in [2.24, 2.45) is 5.73 Å². The number of hydrogen-bond donors (Lipinski definition) is 1. The molecule has 26 heavy (non-hydrogen) atoms. The van der Waals surface area contributed by atoms with E-state index in [4.69, 9.17) is 15.2 Å². The number of ether oxygens (including phenoxy) is 2. The summed E-state index contributed by atoms with van der Waals surface area (Å²) in [5, 5.41) is 0. The molecule has 142 valence electrons. The number of nitrogens with two attached hydrogens (primary N) is 1. The minimum absolute atomic E-state index is 0.0108. The predicted molar refractivity (Wildman–Crippen MR) is 97.2 cm³/mol. The van der Waals surface area contributed by atoms with E-state index in [0.717, 1.165) is 18.4 Å². The van der Waals surface area contributed by atoms with Crippen molar-refractivity contribution >= 4 is 11.8 Å². The summed E-state index contributed by atoms with van der Waals surface area (Å²) in [6.07, 6.45) is 1.17. The normalized spacial score (nSPS) is 23.2. The van der Waals surface area contributed by atoms with Crippen LogP contribution < -0.4 is 10.5 Å². The highest BCUT2D eigenvalue weighted by Gasteiger charge is 2.34. The van der Waals surface area contributed by atoms with E-state index in [0.29, 0.717) is 44.0 Å². The number of methoxy groups -OCH3 is 1. The van der Waals surface area contributed by atoms with Crippen molar-refractivity contribution in [1.29, 1.82) is 0 Å². The van der Waals surface area contributed by atoms with Crippen molar-refractivity contribution in [3.05, 3.63) is 29.3 Å². The first-order valence-electron chi connectivity index (χ1n) is 9.11. The van der Waals surface area contributed by atoms with Gasteiger partial charge in [-0.3, -0.25) is 9.59 Å². The Bertz CT molecular complexity index is 671. The number of benzene rings is 1. The largest absolute Gasteiger partial charge is 0.496 e. The Balaban J connectivity index is 1.56. The second-order valence-electron chi connectivity index (χ2n) is 6.86. The van der Waals surface area contributed by atoms with E-state index in [1.54, 1.807) is 23.0 Å². The lowest BCUT2D eigenvalue weighted by atomic mass is 10.1. The Hall–Kier alpha value is -2.12. The summed E-state index contributed by atoms with van der Waals surface area (Å²) >= 11 is 0. The summed E-state index contributed by atoms with van der Waals surface area (Å²) in [6.45, 7) is 4.49. The first-order valence-corrected chi connectivity index (χ1v) is 9.11. The van der Waals surface area contributed by atoms with E-state index >= 15 is 0 Å². The molecule has 2 aliphatic heterocycles. The van der Waals surface area contributed by atoms with Crippen molar-refractivity contribution in [3.63, 3.8) is 0 Å². The minimum atomic E-state index is -0.382. The van der Waals surface area contributed by atoms with Crippen molar-refractivity contribution in [3.8, 4) is 5.75 Å². The van der Waals surface area contributed by atoms with Crippen LogP contribution in [0.2, 0.25) is 0 Å². The highest BCUT2D eigenvalue weighted by molar-refractivity contribution is 5.95. The van der Waals surface area contributed by atoms with E-state index in [9.17, 15) is 9.59 Å². The standard InChI is InChI=1S/C19H27N3O4/c1-13-3-4-14(11-17(13)25-2)18(23)21-7-9-22(10-8-21)19(24)16-6-5-15(12-20)26-16/h3-4,11,15-16H,5-10,12,20H2,1-2H3/t15-,16+/m1/s1. The van der Waals surface area contributed by atoms with Crippen LogP contribution in [0.3, 0.4) is 0 Å². The lowest BCUT2D eigenvalue weighted by Crippen LogP contribution is -2.53. The summed E-state index contributed by atoms with van der Waals surface area (Å²) in [6, 6.07) is 5.47. The molecule has 2 aliphatic rings. The molecular formula is C19H27N3O4. The number of carbonyl (C=O) groups is 2. The minimum Gasteiger partial charge on any atom is -0.496 e. The maximum absolute atomic E-state index is 12.7. The van der Waals surface area contributed by atoms with Gasteiger partial charge in [-0.05, 0) is 37.5 Å². The fourth-order valence-electron chi connectivity index (χ4n) is 3.53. The summed E-state index contributed by atoms with van der Waals surface area (Å²) < 4.78 is 11.0.